The lowest BCUT2D eigenvalue weighted by Gasteiger charge is -2.02. The van der Waals surface area contributed by atoms with Gasteiger partial charge in [-0.2, -0.15) is 5.10 Å². The smallest absolute Gasteiger partial charge is 0.282 e. The number of hydrogen-bond acceptors (Lipinski definition) is 10. The predicted molar refractivity (Wildman–Crippen MR) is 126 cm³/mol. The molecule has 12 nitrogen and oxygen atoms in total. The summed E-state index contributed by atoms with van der Waals surface area (Å²) in [6, 6.07) is 9.72. The Morgan fingerprint density at radius 1 is 1.24 bits per heavy atom. The number of hydrazone groups is 1. The lowest BCUT2D eigenvalue weighted by molar-refractivity contribution is -0.385. The van der Waals surface area contributed by atoms with Crippen molar-refractivity contribution in [2.75, 3.05) is 12.1 Å². The Labute approximate surface area is 203 Å². The topological polar surface area (TPSA) is 158 Å². The molecule has 0 aliphatic carbocycles. The molecule has 33 heavy (non-hydrogen) atoms. The summed E-state index contributed by atoms with van der Waals surface area (Å²) in [7, 11) is 0. The Kier molecular flexibility index (Phi) is 6.74. The average molecular weight is 580 g/mol. The van der Waals surface area contributed by atoms with E-state index in [9.17, 15) is 19.7 Å². The minimum Gasteiger partial charge on any atom is -0.454 e. The molecule has 0 unspecified atom stereocenters. The van der Waals surface area contributed by atoms with Gasteiger partial charge in [0.2, 0.25) is 17.8 Å². The van der Waals surface area contributed by atoms with E-state index in [4.69, 9.17) is 9.47 Å². The van der Waals surface area contributed by atoms with Gasteiger partial charge in [0.05, 0.1) is 34.8 Å². The molecule has 0 atom stereocenters. The largest absolute Gasteiger partial charge is 0.454 e. The molecule has 0 saturated heterocycles. The van der Waals surface area contributed by atoms with Gasteiger partial charge in [-0.05, 0) is 40.8 Å². The zero-order chi connectivity index (χ0) is 23.4. The fourth-order valence-corrected chi connectivity index (χ4v) is 4.11. The molecule has 0 bridgehead atoms. The first-order valence-electron chi connectivity index (χ1n) is 9.19. The van der Waals surface area contributed by atoms with E-state index in [-0.39, 0.29) is 41.3 Å². The molecular weight excluding hydrogens is 567 g/mol. The van der Waals surface area contributed by atoms with Crippen molar-refractivity contribution < 1.29 is 24.0 Å². The second kappa shape index (κ2) is 9.86. The molecule has 4 rings (SSSR count). The van der Waals surface area contributed by atoms with Crippen molar-refractivity contribution in [1.82, 2.24) is 15.6 Å². The number of nitro benzene ring substituents is 1. The van der Waals surface area contributed by atoms with Gasteiger partial charge in [-0.25, -0.2) is 5.43 Å². The number of carbonyl (C=O) groups is 2. The number of anilines is 1. The van der Waals surface area contributed by atoms with E-state index in [0.29, 0.717) is 16.3 Å². The summed E-state index contributed by atoms with van der Waals surface area (Å²) < 4.78 is 11.1. The standard InChI is InChI=1S/C19H13IN6O6S/c20-12-4-2-1-3-11(12)18(28)22-19-25-24-17(33-19)7-16(27)23-21-8-10-5-14-15(32-9-31-14)6-13(10)26(29)30/h1-6,8H,7,9H2,(H,23,27)(H,22,25,28)/b21-8-. The first-order valence-corrected chi connectivity index (χ1v) is 11.1. The van der Waals surface area contributed by atoms with Crippen molar-refractivity contribution in [3.8, 4) is 11.5 Å². The maximum Gasteiger partial charge on any atom is 0.282 e. The molecule has 2 aromatic carbocycles. The van der Waals surface area contributed by atoms with E-state index in [2.05, 4.69) is 48.6 Å². The van der Waals surface area contributed by atoms with Crippen molar-refractivity contribution in [3.05, 3.63) is 66.2 Å². The SMILES string of the molecule is O=C(Cc1nnc(NC(=O)c2ccccc2I)s1)N/N=C\c1cc2c(cc1[N+](=O)[O-])OCO2. The van der Waals surface area contributed by atoms with Crippen LogP contribution in [0.1, 0.15) is 20.9 Å². The number of ether oxygens (including phenoxy) is 2. The summed E-state index contributed by atoms with van der Waals surface area (Å²) in [5.74, 6) is -0.227. The van der Waals surface area contributed by atoms with Crippen LogP contribution in [0.25, 0.3) is 0 Å². The highest BCUT2D eigenvalue weighted by Gasteiger charge is 2.22. The zero-order valence-electron chi connectivity index (χ0n) is 16.5. The summed E-state index contributed by atoms with van der Waals surface area (Å²) >= 11 is 3.11. The molecule has 1 aromatic heterocycles. The second-order valence-electron chi connectivity index (χ2n) is 6.43. The maximum atomic E-state index is 12.3. The Bertz CT molecular complexity index is 1280. The van der Waals surface area contributed by atoms with Crippen LogP contribution in [-0.4, -0.2) is 39.9 Å². The highest BCUT2D eigenvalue weighted by molar-refractivity contribution is 14.1. The number of nitrogens with zero attached hydrogens (tertiary/aromatic N) is 4. The highest BCUT2D eigenvalue weighted by atomic mass is 127. The van der Waals surface area contributed by atoms with Gasteiger partial charge in [-0.1, -0.05) is 23.5 Å². The molecule has 2 N–H and O–H groups in total. The average Bonchev–Trinajstić information content (AvgIpc) is 3.42. The van der Waals surface area contributed by atoms with Crippen molar-refractivity contribution in [3.63, 3.8) is 0 Å². The monoisotopic (exact) mass is 580 g/mol. The van der Waals surface area contributed by atoms with E-state index in [1.165, 1.54) is 12.1 Å². The number of halogens is 1. The quantitative estimate of drug-likeness (QED) is 0.187. The molecule has 2 amide bonds. The molecule has 2 heterocycles. The number of hydrogen-bond donors (Lipinski definition) is 2. The van der Waals surface area contributed by atoms with Gasteiger partial charge >= 0.3 is 0 Å². The Balaban J connectivity index is 1.35. The third-order valence-corrected chi connectivity index (χ3v) is 6.01. The van der Waals surface area contributed by atoms with Crippen LogP contribution >= 0.6 is 33.9 Å². The molecule has 168 valence electrons. The van der Waals surface area contributed by atoms with E-state index < -0.39 is 10.8 Å². The molecule has 1 aliphatic heterocycles. The van der Waals surface area contributed by atoms with E-state index in [0.717, 1.165) is 21.1 Å². The van der Waals surface area contributed by atoms with Gasteiger partial charge in [0.25, 0.3) is 11.6 Å². The van der Waals surface area contributed by atoms with Crippen molar-refractivity contribution in [1.29, 1.82) is 0 Å². The predicted octanol–water partition coefficient (Wildman–Crippen LogP) is 2.72. The van der Waals surface area contributed by atoms with E-state index in [1.807, 2.05) is 12.1 Å². The van der Waals surface area contributed by atoms with E-state index >= 15 is 0 Å². The Hall–Kier alpha value is -3.66. The number of fused-ring (bicyclic) bond motifs is 1. The number of rotatable bonds is 7. The molecule has 0 saturated carbocycles. The minimum absolute atomic E-state index is 0.0291. The van der Waals surface area contributed by atoms with Crippen LogP contribution in [0.3, 0.4) is 0 Å². The first-order chi connectivity index (χ1) is 15.9. The van der Waals surface area contributed by atoms with Gasteiger partial charge in [-0.3, -0.25) is 25.0 Å². The molecule has 0 fully saturated rings. The van der Waals surface area contributed by atoms with Crippen LogP contribution in [0, 0.1) is 13.7 Å². The van der Waals surface area contributed by atoms with Crippen LogP contribution in [0.5, 0.6) is 11.5 Å². The number of aromatic nitrogens is 2. The van der Waals surface area contributed by atoms with E-state index in [1.54, 1.807) is 12.1 Å². The summed E-state index contributed by atoms with van der Waals surface area (Å²) in [4.78, 5) is 35.2. The third kappa shape index (κ3) is 5.40. The maximum absolute atomic E-state index is 12.3. The van der Waals surface area contributed by atoms with Gasteiger partial charge in [0, 0.05) is 3.57 Å². The minimum atomic E-state index is -0.585. The van der Waals surface area contributed by atoms with Gasteiger partial charge in [-0.15, -0.1) is 10.2 Å². The summed E-state index contributed by atoms with van der Waals surface area (Å²) in [5, 5.41) is 26.1. The molecule has 14 heteroatoms. The fraction of sp³-hybridized carbons (Fsp3) is 0.105. The Morgan fingerprint density at radius 3 is 2.76 bits per heavy atom. The Morgan fingerprint density at radius 2 is 2.00 bits per heavy atom. The summed E-state index contributed by atoms with van der Waals surface area (Å²) in [6.07, 6.45) is 1.00. The van der Waals surface area contributed by atoms with Crippen molar-refractivity contribution in [2.24, 2.45) is 5.10 Å². The number of amides is 2. The normalized spacial score (nSPS) is 12.0. The van der Waals surface area contributed by atoms with Crippen molar-refractivity contribution >= 4 is 62.8 Å². The molecule has 0 radical (unpaired) electrons. The van der Waals surface area contributed by atoms with Crippen LogP contribution in [-0.2, 0) is 11.2 Å². The fourth-order valence-electron chi connectivity index (χ4n) is 2.74. The lowest BCUT2D eigenvalue weighted by Crippen LogP contribution is -2.19. The zero-order valence-corrected chi connectivity index (χ0v) is 19.5. The third-order valence-electron chi connectivity index (χ3n) is 4.23. The summed E-state index contributed by atoms with van der Waals surface area (Å²) in [5.41, 5.74) is 2.68. The number of nitro groups is 1. The number of nitrogens with one attached hydrogen (secondary N) is 2. The van der Waals surface area contributed by atoms with Crippen LogP contribution in [0.2, 0.25) is 0 Å². The highest BCUT2D eigenvalue weighted by Crippen LogP contribution is 2.37. The number of benzene rings is 2. The van der Waals surface area contributed by atoms with Gasteiger partial charge < -0.3 is 9.47 Å². The molecule has 1 aliphatic rings. The summed E-state index contributed by atoms with van der Waals surface area (Å²) in [6.45, 7) is -0.0291. The van der Waals surface area contributed by atoms with Gasteiger partial charge in [0.1, 0.15) is 5.01 Å². The van der Waals surface area contributed by atoms with Crippen LogP contribution in [0.4, 0.5) is 10.8 Å². The molecule has 0 spiro atoms. The second-order valence-corrected chi connectivity index (χ2v) is 8.65. The molecule has 3 aromatic rings. The van der Waals surface area contributed by atoms with Crippen molar-refractivity contribution in [2.45, 2.75) is 6.42 Å². The number of carbonyl (C=O) groups excluding carboxylic acids is 2. The van der Waals surface area contributed by atoms with Crippen LogP contribution in [0.15, 0.2) is 41.5 Å². The first kappa shape index (κ1) is 22.5. The van der Waals surface area contributed by atoms with Crippen LogP contribution < -0.4 is 20.2 Å². The lowest BCUT2D eigenvalue weighted by atomic mass is 10.1. The molecular formula is C19H13IN6O6S. The van der Waals surface area contributed by atoms with Gasteiger partial charge in [0.15, 0.2) is 11.5 Å².